The molecule has 2 aromatic rings. The molecule has 3 heteroatoms. The van der Waals surface area contributed by atoms with Gasteiger partial charge in [0.2, 0.25) is 0 Å². The van der Waals surface area contributed by atoms with Crippen molar-refractivity contribution in [1.29, 1.82) is 0 Å². The third-order valence-electron chi connectivity index (χ3n) is 2.49. The quantitative estimate of drug-likeness (QED) is 0.790. The van der Waals surface area contributed by atoms with Crippen molar-refractivity contribution in [3.8, 4) is 0 Å². The van der Waals surface area contributed by atoms with Crippen molar-refractivity contribution >= 4 is 29.4 Å². The first-order valence-electron chi connectivity index (χ1n) is 5.54. The van der Waals surface area contributed by atoms with Crippen LogP contribution >= 0.6 is 0 Å². The van der Waals surface area contributed by atoms with Gasteiger partial charge in [0.1, 0.15) is 0 Å². The van der Waals surface area contributed by atoms with Gasteiger partial charge in [0.05, 0.1) is 0 Å². The van der Waals surface area contributed by atoms with E-state index < -0.39 is 14.7 Å². The molecular formula is C14H14GeO2. The molecule has 0 aliphatic heterocycles. The molecule has 17 heavy (non-hydrogen) atoms. The molecule has 0 heterocycles. The zero-order chi connectivity index (χ0) is 12.1. The van der Waals surface area contributed by atoms with Crippen LogP contribution in [0.15, 0.2) is 60.7 Å². The van der Waals surface area contributed by atoms with E-state index >= 15 is 0 Å². The average molecular weight is 287 g/mol. The molecule has 0 bridgehead atoms. The summed E-state index contributed by atoms with van der Waals surface area (Å²) in [6, 6.07) is 20.1. The van der Waals surface area contributed by atoms with Crippen LogP contribution in [-0.2, 0) is 8.56 Å². The molecule has 0 unspecified atom stereocenters. The summed E-state index contributed by atoms with van der Waals surface area (Å²) in [5.74, 6) is -0.192. The fraction of sp³-hybridized carbons (Fsp3) is 0.0714. The molecule has 0 saturated heterocycles. The van der Waals surface area contributed by atoms with E-state index in [1.807, 2.05) is 60.7 Å². The third kappa shape index (κ3) is 3.20. The Hall–Kier alpha value is -1.55. The van der Waals surface area contributed by atoms with E-state index in [1.54, 1.807) is 0 Å². The molecular weight excluding hydrogens is 273 g/mol. The van der Waals surface area contributed by atoms with Gasteiger partial charge in [0, 0.05) is 0 Å². The van der Waals surface area contributed by atoms with Gasteiger partial charge in [-0.3, -0.25) is 0 Å². The van der Waals surface area contributed by atoms with Crippen LogP contribution in [0.2, 0.25) is 0 Å². The predicted molar refractivity (Wildman–Crippen MR) is 71.1 cm³/mol. The number of carbonyl (C=O) groups is 1. The van der Waals surface area contributed by atoms with Gasteiger partial charge < -0.3 is 0 Å². The molecule has 2 nitrogen and oxygen atoms in total. The number of benzene rings is 2. The molecule has 0 aromatic heterocycles. The number of hydrogen-bond donors (Lipinski definition) is 0. The van der Waals surface area contributed by atoms with Gasteiger partial charge in [0.15, 0.2) is 0 Å². The van der Waals surface area contributed by atoms with E-state index in [2.05, 4.69) is 0 Å². The summed E-state index contributed by atoms with van der Waals surface area (Å²) in [4.78, 5) is 11.2. The SMILES string of the molecule is CC(=O)[O][GeH]([c]1ccccc1)[c]1ccccc1. The van der Waals surface area contributed by atoms with Crippen LogP contribution in [0.4, 0.5) is 0 Å². The number of rotatable bonds is 3. The second-order valence-corrected chi connectivity index (χ2v) is 8.70. The van der Waals surface area contributed by atoms with Crippen LogP contribution < -0.4 is 8.79 Å². The van der Waals surface area contributed by atoms with Gasteiger partial charge in [0.25, 0.3) is 0 Å². The molecule has 0 aliphatic rings. The summed E-state index contributed by atoms with van der Waals surface area (Å²) < 4.78 is 7.91. The first-order valence-corrected chi connectivity index (χ1v) is 8.95. The topological polar surface area (TPSA) is 26.3 Å². The normalized spacial score (nSPS) is 10.2. The Balaban J connectivity index is 2.36. The molecule has 0 N–H and O–H groups in total. The third-order valence-corrected chi connectivity index (χ3v) is 7.84. The van der Waals surface area contributed by atoms with E-state index in [9.17, 15) is 4.79 Å². The summed E-state index contributed by atoms with van der Waals surface area (Å²) in [5.41, 5.74) is 0. The summed E-state index contributed by atoms with van der Waals surface area (Å²) in [6.07, 6.45) is 0. The van der Waals surface area contributed by atoms with Gasteiger partial charge in [-0.1, -0.05) is 0 Å². The number of hydrogen-bond acceptors (Lipinski definition) is 2. The molecule has 0 atom stereocenters. The van der Waals surface area contributed by atoms with E-state index in [0.29, 0.717) is 0 Å². The Morgan fingerprint density at radius 1 is 0.882 bits per heavy atom. The summed E-state index contributed by atoms with van der Waals surface area (Å²) >= 11 is -2.39. The molecule has 0 amide bonds. The second-order valence-electron chi connectivity index (χ2n) is 3.81. The minimum atomic E-state index is -2.39. The van der Waals surface area contributed by atoms with Crippen LogP contribution in [0.25, 0.3) is 0 Å². The fourth-order valence-corrected chi connectivity index (χ4v) is 6.22. The maximum atomic E-state index is 11.2. The molecule has 2 aromatic carbocycles. The zero-order valence-corrected chi connectivity index (χ0v) is 12.1. The monoisotopic (exact) mass is 288 g/mol. The molecule has 0 saturated carbocycles. The molecule has 0 radical (unpaired) electrons. The van der Waals surface area contributed by atoms with Crippen molar-refractivity contribution in [2.24, 2.45) is 0 Å². The van der Waals surface area contributed by atoms with Crippen LogP contribution in [-0.4, -0.2) is 20.7 Å². The van der Waals surface area contributed by atoms with Crippen molar-refractivity contribution in [2.75, 3.05) is 0 Å². The Morgan fingerprint density at radius 3 is 1.65 bits per heavy atom. The van der Waals surface area contributed by atoms with E-state index in [-0.39, 0.29) is 5.97 Å². The molecule has 0 spiro atoms. The summed E-state index contributed by atoms with van der Waals surface area (Å²) in [6.45, 7) is 1.48. The number of carbonyl (C=O) groups excluding carboxylic acids is 1. The first kappa shape index (κ1) is 11.9. The van der Waals surface area contributed by atoms with E-state index in [0.717, 1.165) is 0 Å². The Labute approximate surface area is 106 Å². The van der Waals surface area contributed by atoms with E-state index in [1.165, 1.54) is 15.7 Å². The van der Waals surface area contributed by atoms with Gasteiger partial charge in [-0.15, -0.1) is 0 Å². The molecule has 2 rings (SSSR count). The Kier molecular flexibility index (Phi) is 3.99. The van der Waals surface area contributed by atoms with Gasteiger partial charge in [-0.05, 0) is 0 Å². The zero-order valence-electron chi connectivity index (χ0n) is 9.67. The average Bonchev–Trinajstić information content (AvgIpc) is 2.38. The Bertz CT molecular complexity index is 443. The van der Waals surface area contributed by atoms with Gasteiger partial charge >= 0.3 is 106 Å². The van der Waals surface area contributed by atoms with Crippen molar-refractivity contribution in [1.82, 2.24) is 0 Å². The maximum absolute atomic E-state index is 11.2. The van der Waals surface area contributed by atoms with Crippen molar-refractivity contribution in [3.05, 3.63) is 60.7 Å². The molecule has 0 fully saturated rings. The second kappa shape index (κ2) is 5.68. The van der Waals surface area contributed by atoms with Crippen LogP contribution in [0.3, 0.4) is 0 Å². The fourth-order valence-electron chi connectivity index (χ4n) is 1.75. The Morgan fingerprint density at radius 2 is 1.29 bits per heavy atom. The predicted octanol–water partition coefficient (Wildman–Crippen LogP) is 1.09. The van der Waals surface area contributed by atoms with Crippen LogP contribution in [0, 0.1) is 0 Å². The van der Waals surface area contributed by atoms with Crippen LogP contribution in [0.1, 0.15) is 6.92 Å². The van der Waals surface area contributed by atoms with Gasteiger partial charge in [-0.2, -0.15) is 0 Å². The van der Waals surface area contributed by atoms with Gasteiger partial charge in [-0.25, -0.2) is 0 Å². The van der Waals surface area contributed by atoms with Crippen molar-refractivity contribution in [3.63, 3.8) is 0 Å². The van der Waals surface area contributed by atoms with E-state index in [4.69, 9.17) is 3.76 Å². The van der Waals surface area contributed by atoms with Crippen molar-refractivity contribution in [2.45, 2.75) is 6.92 Å². The molecule has 0 aliphatic carbocycles. The first-order chi connectivity index (χ1) is 8.27. The minimum absolute atomic E-state index is 0.192. The van der Waals surface area contributed by atoms with Crippen molar-refractivity contribution < 1.29 is 8.56 Å². The summed E-state index contributed by atoms with van der Waals surface area (Å²) in [5, 5.41) is 0. The van der Waals surface area contributed by atoms with Crippen LogP contribution in [0.5, 0.6) is 0 Å². The summed E-state index contributed by atoms with van der Waals surface area (Å²) in [7, 11) is 0. The standard InChI is InChI=1S/C14H14GeO2/c1-12(16)17-15(13-8-4-2-5-9-13)14-10-6-3-7-11-14/h2-11,15H,1H3. The molecule has 86 valence electrons.